The van der Waals surface area contributed by atoms with Crippen LogP contribution in [-0.2, 0) is 11.3 Å². The van der Waals surface area contributed by atoms with E-state index in [1.54, 1.807) is 0 Å². The molecule has 8 heteroatoms. The number of carboxylic acids is 1. The molecule has 2 aromatic rings. The van der Waals surface area contributed by atoms with Crippen LogP contribution in [0.4, 0.5) is 13.2 Å². The van der Waals surface area contributed by atoms with Crippen LogP contribution in [0.1, 0.15) is 20.7 Å². The van der Waals surface area contributed by atoms with Crippen LogP contribution in [0.3, 0.4) is 0 Å². The number of hydrogen-bond acceptors (Lipinski definition) is 3. The van der Waals surface area contributed by atoms with Gasteiger partial charge in [-0.1, -0.05) is 6.07 Å². The normalized spacial score (nSPS) is 11.8. The highest BCUT2D eigenvalue weighted by molar-refractivity contribution is 6.16. The Hall–Kier alpha value is -2.35. The lowest BCUT2D eigenvalue weighted by Crippen LogP contribution is -2.22. The van der Waals surface area contributed by atoms with Gasteiger partial charge in [0.05, 0.1) is 17.7 Å². The topological polar surface area (TPSA) is 68.5 Å². The number of carbonyl (C=O) groups is 2. The fraction of sp³-hybridized carbons (Fsp3) is 0.286. The van der Waals surface area contributed by atoms with E-state index in [1.165, 1.54) is 29.9 Å². The highest BCUT2D eigenvalue weighted by Gasteiger charge is 2.41. The van der Waals surface area contributed by atoms with Crippen molar-refractivity contribution in [1.82, 2.24) is 4.57 Å². The average Bonchev–Trinajstić information content (AvgIpc) is 2.81. The maximum Gasteiger partial charge on any atom is 0.454 e. The minimum Gasteiger partial charge on any atom is -0.478 e. The number of alkyl halides is 3. The lowest BCUT2D eigenvalue weighted by Gasteiger charge is -2.05. The maximum atomic E-state index is 12.7. The number of carboxylic acid groups (broad SMARTS) is 1. The van der Waals surface area contributed by atoms with Gasteiger partial charge in [0.1, 0.15) is 0 Å². The quantitative estimate of drug-likeness (QED) is 0.862. The molecule has 0 atom stereocenters. The zero-order chi connectivity index (χ0) is 16.5. The van der Waals surface area contributed by atoms with Crippen molar-refractivity contribution in [2.45, 2.75) is 12.7 Å². The Balaban J connectivity index is 2.74. The SMILES string of the molecule is COCCn1cc(C(=O)C(F)(F)F)c2c(C(=O)O)cccc21. The van der Waals surface area contributed by atoms with E-state index in [1.807, 2.05) is 0 Å². The molecule has 0 aliphatic carbocycles. The zero-order valence-electron chi connectivity index (χ0n) is 11.5. The molecule has 0 radical (unpaired) electrons. The lowest BCUT2D eigenvalue weighted by molar-refractivity contribution is -0.0884. The molecular weight excluding hydrogens is 303 g/mol. The van der Waals surface area contributed by atoms with Gasteiger partial charge in [0.15, 0.2) is 0 Å². The van der Waals surface area contributed by atoms with E-state index in [4.69, 9.17) is 9.84 Å². The van der Waals surface area contributed by atoms with Crippen LogP contribution < -0.4 is 0 Å². The molecule has 1 aromatic carbocycles. The first-order chi connectivity index (χ1) is 10.3. The van der Waals surface area contributed by atoms with Crippen LogP contribution in [0.5, 0.6) is 0 Å². The largest absolute Gasteiger partial charge is 0.478 e. The van der Waals surface area contributed by atoms with E-state index in [-0.39, 0.29) is 29.6 Å². The van der Waals surface area contributed by atoms with Gasteiger partial charge in [-0.05, 0) is 12.1 Å². The number of carbonyl (C=O) groups excluding carboxylic acids is 1. The predicted molar refractivity (Wildman–Crippen MR) is 71.2 cm³/mol. The molecule has 0 unspecified atom stereocenters. The summed E-state index contributed by atoms with van der Waals surface area (Å²) >= 11 is 0. The fourth-order valence-electron chi connectivity index (χ4n) is 2.23. The van der Waals surface area contributed by atoms with Gasteiger partial charge in [-0.25, -0.2) is 4.79 Å². The molecule has 22 heavy (non-hydrogen) atoms. The Morgan fingerprint density at radius 2 is 1.95 bits per heavy atom. The van der Waals surface area contributed by atoms with Crippen LogP contribution in [0.2, 0.25) is 0 Å². The van der Waals surface area contributed by atoms with Crippen molar-refractivity contribution in [2.24, 2.45) is 0 Å². The first kappa shape index (κ1) is 16.0. The van der Waals surface area contributed by atoms with Gasteiger partial charge in [0.2, 0.25) is 0 Å². The molecule has 0 aliphatic heterocycles. The molecular formula is C14H12F3NO4. The minimum absolute atomic E-state index is 0.196. The number of Topliss-reactive ketones (excluding diaryl/α,β-unsaturated/α-hetero) is 1. The second-order valence-electron chi connectivity index (χ2n) is 4.56. The first-order valence-electron chi connectivity index (χ1n) is 6.23. The van der Waals surface area contributed by atoms with Crippen molar-refractivity contribution in [1.29, 1.82) is 0 Å². The lowest BCUT2D eigenvalue weighted by atomic mass is 10.0. The monoisotopic (exact) mass is 315 g/mol. The van der Waals surface area contributed by atoms with Crippen molar-refractivity contribution < 1.29 is 32.6 Å². The Bertz CT molecular complexity index is 733. The summed E-state index contributed by atoms with van der Waals surface area (Å²) in [6.07, 6.45) is -4.06. The summed E-state index contributed by atoms with van der Waals surface area (Å²) in [5.74, 6) is -3.46. The van der Waals surface area contributed by atoms with Gasteiger partial charge < -0.3 is 14.4 Å². The number of aromatic nitrogens is 1. The third-order valence-corrected chi connectivity index (χ3v) is 3.17. The third-order valence-electron chi connectivity index (χ3n) is 3.17. The third kappa shape index (κ3) is 2.82. The first-order valence-corrected chi connectivity index (χ1v) is 6.23. The van der Waals surface area contributed by atoms with Gasteiger partial charge in [-0.3, -0.25) is 4.79 Å². The van der Waals surface area contributed by atoms with Gasteiger partial charge in [0, 0.05) is 30.8 Å². The number of benzene rings is 1. The smallest absolute Gasteiger partial charge is 0.454 e. The summed E-state index contributed by atoms with van der Waals surface area (Å²) in [4.78, 5) is 22.8. The minimum atomic E-state index is -5.08. The van der Waals surface area contributed by atoms with Crippen molar-refractivity contribution in [3.05, 3.63) is 35.5 Å². The molecule has 5 nitrogen and oxygen atoms in total. The van der Waals surface area contributed by atoms with E-state index in [0.717, 1.165) is 6.20 Å². The molecule has 118 valence electrons. The molecule has 0 saturated heterocycles. The molecule has 0 amide bonds. The highest BCUT2D eigenvalue weighted by atomic mass is 19.4. The molecule has 0 aliphatic rings. The van der Waals surface area contributed by atoms with Crippen LogP contribution in [0.25, 0.3) is 10.9 Å². The molecule has 1 heterocycles. The van der Waals surface area contributed by atoms with Crippen molar-refractivity contribution in [2.75, 3.05) is 13.7 Å². The number of nitrogens with zero attached hydrogens (tertiary/aromatic N) is 1. The number of rotatable bonds is 5. The van der Waals surface area contributed by atoms with E-state index in [0.29, 0.717) is 0 Å². The van der Waals surface area contributed by atoms with Crippen molar-refractivity contribution in [3.63, 3.8) is 0 Å². The molecule has 0 fully saturated rings. The number of fused-ring (bicyclic) bond motifs is 1. The summed E-state index contributed by atoms with van der Waals surface area (Å²) in [5.41, 5.74) is -0.776. The van der Waals surface area contributed by atoms with E-state index in [2.05, 4.69) is 0 Å². The van der Waals surface area contributed by atoms with E-state index >= 15 is 0 Å². The number of ether oxygens (including phenoxy) is 1. The van der Waals surface area contributed by atoms with Gasteiger partial charge >= 0.3 is 12.1 Å². The van der Waals surface area contributed by atoms with Crippen LogP contribution in [-0.4, -0.2) is 41.3 Å². The number of ketones is 1. The zero-order valence-corrected chi connectivity index (χ0v) is 11.5. The summed E-state index contributed by atoms with van der Waals surface area (Å²) in [7, 11) is 1.43. The molecule has 0 saturated carbocycles. The average molecular weight is 315 g/mol. The predicted octanol–water partition coefficient (Wildman–Crippen LogP) is 2.73. The van der Waals surface area contributed by atoms with Gasteiger partial charge in [-0.2, -0.15) is 13.2 Å². The number of hydrogen-bond donors (Lipinski definition) is 1. The Kier molecular flexibility index (Phi) is 4.23. The molecule has 0 spiro atoms. The summed E-state index contributed by atoms with van der Waals surface area (Å²) < 4.78 is 44.4. The summed E-state index contributed by atoms with van der Waals surface area (Å²) in [6.45, 7) is 0.405. The van der Waals surface area contributed by atoms with Crippen molar-refractivity contribution in [3.8, 4) is 0 Å². The molecule has 0 bridgehead atoms. The van der Waals surface area contributed by atoms with Gasteiger partial charge in [-0.15, -0.1) is 0 Å². The van der Waals surface area contributed by atoms with Crippen LogP contribution in [0, 0.1) is 0 Å². The second-order valence-corrected chi connectivity index (χ2v) is 4.56. The molecule has 2 rings (SSSR count). The number of halogens is 3. The Labute approximate surface area is 122 Å². The maximum absolute atomic E-state index is 12.7. The number of methoxy groups -OCH3 is 1. The molecule has 1 N–H and O–H groups in total. The Morgan fingerprint density at radius 1 is 1.27 bits per heavy atom. The van der Waals surface area contributed by atoms with E-state index in [9.17, 15) is 22.8 Å². The van der Waals surface area contributed by atoms with Crippen LogP contribution in [0.15, 0.2) is 24.4 Å². The van der Waals surface area contributed by atoms with E-state index < -0.39 is 23.5 Å². The highest BCUT2D eigenvalue weighted by Crippen LogP contribution is 2.31. The van der Waals surface area contributed by atoms with Crippen molar-refractivity contribution >= 4 is 22.7 Å². The fourth-order valence-corrected chi connectivity index (χ4v) is 2.23. The van der Waals surface area contributed by atoms with Crippen LogP contribution >= 0.6 is 0 Å². The molecule has 1 aromatic heterocycles. The van der Waals surface area contributed by atoms with Gasteiger partial charge in [0.25, 0.3) is 5.78 Å². The second kappa shape index (κ2) is 5.80. The standard InChI is InChI=1S/C14H12F3NO4/c1-22-6-5-18-7-9(12(19)14(15,16)17)11-8(13(20)21)3-2-4-10(11)18/h2-4,7H,5-6H2,1H3,(H,20,21). The summed E-state index contributed by atoms with van der Waals surface area (Å²) in [5, 5.41) is 8.94. The summed E-state index contributed by atoms with van der Waals surface area (Å²) in [6, 6.07) is 4.04. The number of aromatic carboxylic acids is 1. The Morgan fingerprint density at radius 3 is 2.50 bits per heavy atom.